The molecule has 7 nitrogen and oxygen atoms in total. The number of likely N-dealkylation sites (tertiary alicyclic amines) is 1. The van der Waals surface area contributed by atoms with E-state index in [1.54, 1.807) is 24.3 Å². The van der Waals surface area contributed by atoms with Gasteiger partial charge in [0.25, 0.3) is 11.5 Å². The zero-order valence-electron chi connectivity index (χ0n) is 13.9. The molecule has 0 radical (unpaired) electrons. The second-order valence-electron chi connectivity index (χ2n) is 5.96. The monoisotopic (exact) mass is 331 g/mol. The van der Waals surface area contributed by atoms with Crippen LogP contribution in [0.5, 0.6) is 0 Å². The van der Waals surface area contributed by atoms with Crippen LogP contribution in [0.1, 0.15) is 40.7 Å². The number of rotatable bonds is 5. The van der Waals surface area contributed by atoms with Crippen molar-refractivity contribution in [2.45, 2.75) is 32.4 Å². The molecule has 0 bridgehead atoms. The molecule has 0 saturated carbocycles. The second-order valence-corrected chi connectivity index (χ2v) is 5.96. The van der Waals surface area contributed by atoms with Crippen LogP contribution in [-0.2, 0) is 11.3 Å². The Hall–Kier alpha value is -2.41. The van der Waals surface area contributed by atoms with Crippen LogP contribution in [-0.4, -0.2) is 40.8 Å². The van der Waals surface area contributed by atoms with Crippen LogP contribution < -0.4 is 5.56 Å². The molecule has 3 rings (SSSR count). The maximum absolute atomic E-state index is 12.9. The number of carbonyl (C=O) groups is 1. The molecule has 7 heteroatoms. The van der Waals surface area contributed by atoms with Crippen LogP contribution in [0.3, 0.4) is 0 Å². The zero-order chi connectivity index (χ0) is 17.1. The van der Waals surface area contributed by atoms with E-state index in [0.29, 0.717) is 25.3 Å². The standard InChI is InChI=1S/C17H21N3O4/c1-12-10-14(18-24-12)15-4-3-7-20(15)17(22)13-5-6-16(21)19(11-13)8-9-23-2/h5-6,10-11,15H,3-4,7-9H2,1-2H3. The number of aromatic nitrogens is 2. The Morgan fingerprint density at radius 2 is 2.29 bits per heavy atom. The fourth-order valence-corrected chi connectivity index (χ4v) is 3.05. The molecular weight excluding hydrogens is 310 g/mol. The zero-order valence-corrected chi connectivity index (χ0v) is 13.9. The van der Waals surface area contributed by atoms with Gasteiger partial charge in [0, 0.05) is 38.5 Å². The van der Waals surface area contributed by atoms with E-state index in [4.69, 9.17) is 9.26 Å². The summed E-state index contributed by atoms with van der Waals surface area (Å²) in [4.78, 5) is 26.6. The van der Waals surface area contributed by atoms with Gasteiger partial charge in [0.2, 0.25) is 0 Å². The summed E-state index contributed by atoms with van der Waals surface area (Å²) in [5.74, 6) is 0.640. The number of hydrogen-bond acceptors (Lipinski definition) is 5. The minimum absolute atomic E-state index is 0.0747. The fraction of sp³-hybridized carbons (Fsp3) is 0.471. The number of pyridine rings is 1. The van der Waals surface area contributed by atoms with Crippen LogP contribution in [0.4, 0.5) is 0 Å². The van der Waals surface area contributed by atoms with Crippen molar-refractivity contribution in [1.29, 1.82) is 0 Å². The molecule has 1 fully saturated rings. The third kappa shape index (κ3) is 3.26. The lowest BCUT2D eigenvalue weighted by Crippen LogP contribution is -2.32. The van der Waals surface area contributed by atoms with Gasteiger partial charge in [-0.1, -0.05) is 5.16 Å². The van der Waals surface area contributed by atoms with Gasteiger partial charge >= 0.3 is 0 Å². The number of aryl methyl sites for hydroxylation is 1. The van der Waals surface area contributed by atoms with Gasteiger partial charge in [0.1, 0.15) is 11.5 Å². The van der Waals surface area contributed by atoms with Crippen molar-refractivity contribution in [2.75, 3.05) is 20.3 Å². The Morgan fingerprint density at radius 3 is 3.00 bits per heavy atom. The number of hydrogen-bond donors (Lipinski definition) is 0. The quantitative estimate of drug-likeness (QED) is 0.834. The van der Waals surface area contributed by atoms with Gasteiger partial charge < -0.3 is 18.7 Å². The van der Waals surface area contributed by atoms with E-state index in [1.807, 2.05) is 13.0 Å². The van der Waals surface area contributed by atoms with Crippen molar-refractivity contribution in [3.05, 3.63) is 51.8 Å². The molecule has 24 heavy (non-hydrogen) atoms. The SMILES string of the molecule is COCCn1cc(C(=O)N2CCCC2c2cc(C)on2)ccc1=O. The van der Waals surface area contributed by atoms with Crippen molar-refractivity contribution < 1.29 is 14.1 Å². The van der Waals surface area contributed by atoms with Gasteiger partial charge in [-0.2, -0.15) is 0 Å². The molecule has 3 heterocycles. The highest BCUT2D eigenvalue weighted by Gasteiger charge is 2.32. The molecule has 2 aromatic rings. The fourth-order valence-electron chi connectivity index (χ4n) is 3.05. The maximum atomic E-state index is 12.9. The molecule has 128 valence electrons. The third-order valence-corrected chi connectivity index (χ3v) is 4.27. The molecular formula is C17H21N3O4. The van der Waals surface area contributed by atoms with Crippen LogP contribution >= 0.6 is 0 Å². The van der Waals surface area contributed by atoms with Gasteiger partial charge in [-0.05, 0) is 25.8 Å². The molecule has 1 amide bonds. The van der Waals surface area contributed by atoms with Gasteiger partial charge in [0.15, 0.2) is 0 Å². The highest BCUT2D eigenvalue weighted by molar-refractivity contribution is 5.94. The molecule has 2 aromatic heterocycles. The van der Waals surface area contributed by atoms with Crippen LogP contribution in [0, 0.1) is 6.92 Å². The van der Waals surface area contributed by atoms with E-state index in [0.717, 1.165) is 24.3 Å². The summed E-state index contributed by atoms with van der Waals surface area (Å²) >= 11 is 0. The van der Waals surface area contributed by atoms with Crippen molar-refractivity contribution in [1.82, 2.24) is 14.6 Å². The first-order chi connectivity index (χ1) is 11.6. The molecule has 0 aromatic carbocycles. The van der Waals surface area contributed by atoms with Gasteiger partial charge in [-0.15, -0.1) is 0 Å². The number of amides is 1. The summed E-state index contributed by atoms with van der Waals surface area (Å²) in [7, 11) is 1.58. The lowest BCUT2D eigenvalue weighted by molar-refractivity contribution is 0.0729. The van der Waals surface area contributed by atoms with Gasteiger partial charge in [-0.3, -0.25) is 9.59 Å². The first-order valence-electron chi connectivity index (χ1n) is 8.04. The minimum atomic E-state index is -0.145. The summed E-state index contributed by atoms with van der Waals surface area (Å²) in [6, 6.07) is 4.80. The topological polar surface area (TPSA) is 77.6 Å². The van der Waals surface area contributed by atoms with Crippen molar-refractivity contribution in [3.63, 3.8) is 0 Å². The van der Waals surface area contributed by atoms with Crippen molar-refractivity contribution in [2.24, 2.45) is 0 Å². The number of carbonyl (C=O) groups excluding carboxylic acids is 1. The predicted octanol–water partition coefficient (Wildman–Crippen LogP) is 1.77. The highest BCUT2D eigenvalue weighted by atomic mass is 16.5. The lowest BCUT2D eigenvalue weighted by Gasteiger charge is -2.23. The Morgan fingerprint density at radius 1 is 1.46 bits per heavy atom. The smallest absolute Gasteiger partial charge is 0.255 e. The summed E-state index contributed by atoms with van der Waals surface area (Å²) in [5.41, 5.74) is 1.14. The first kappa shape index (κ1) is 16.4. The molecule has 1 atom stereocenters. The van der Waals surface area contributed by atoms with E-state index in [1.165, 1.54) is 10.6 Å². The van der Waals surface area contributed by atoms with E-state index < -0.39 is 0 Å². The van der Waals surface area contributed by atoms with E-state index in [-0.39, 0.29) is 17.5 Å². The van der Waals surface area contributed by atoms with Crippen molar-refractivity contribution >= 4 is 5.91 Å². The first-order valence-corrected chi connectivity index (χ1v) is 8.04. The minimum Gasteiger partial charge on any atom is -0.383 e. The summed E-state index contributed by atoms with van der Waals surface area (Å²) in [6.45, 7) is 3.35. The van der Waals surface area contributed by atoms with E-state index in [9.17, 15) is 9.59 Å². The van der Waals surface area contributed by atoms with Crippen LogP contribution in [0.25, 0.3) is 0 Å². The Kier molecular flexibility index (Phi) is 4.80. The number of nitrogens with zero attached hydrogens (tertiary/aromatic N) is 3. The Labute approximate surface area is 139 Å². The number of ether oxygens (including phenoxy) is 1. The van der Waals surface area contributed by atoms with E-state index in [2.05, 4.69) is 5.16 Å². The molecule has 1 saturated heterocycles. The van der Waals surface area contributed by atoms with Crippen molar-refractivity contribution in [3.8, 4) is 0 Å². The molecule has 1 aliphatic rings. The molecule has 0 spiro atoms. The highest BCUT2D eigenvalue weighted by Crippen LogP contribution is 2.32. The molecule has 0 N–H and O–H groups in total. The van der Waals surface area contributed by atoms with Crippen LogP contribution in [0.15, 0.2) is 33.7 Å². The Bertz CT molecular complexity index is 780. The Balaban J connectivity index is 1.84. The average Bonchev–Trinajstić information content (AvgIpc) is 3.22. The molecule has 1 unspecified atom stereocenters. The van der Waals surface area contributed by atoms with Gasteiger partial charge in [-0.25, -0.2) is 0 Å². The molecule has 0 aliphatic carbocycles. The summed E-state index contributed by atoms with van der Waals surface area (Å²) in [6.07, 6.45) is 3.39. The maximum Gasteiger partial charge on any atom is 0.255 e. The molecule has 1 aliphatic heterocycles. The summed E-state index contributed by atoms with van der Waals surface area (Å²) < 4.78 is 11.6. The van der Waals surface area contributed by atoms with E-state index >= 15 is 0 Å². The summed E-state index contributed by atoms with van der Waals surface area (Å²) in [5, 5.41) is 4.06. The lowest BCUT2D eigenvalue weighted by atomic mass is 10.1. The largest absolute Gasteiger partial charge is 0.383 e. The normalized spacial score (nSPS) is 17.4. The number of methoxy groups -OCH3 is 1. The average molecular weight is 331 g/mol. The third-order valence-electron chi connectivity index (χ3n) is 4.27. The second kappa shape index (κ2) is 7.00. The predicted molar refractivity (Wildman–Crippen MR) is 86.8 cm³/mol. The van der Waals surface area contributed by atoms with Crippen LogP contribution in [0.2, 0.25) is 0 Å². The van der Waals surface area contributed by atoms with Gasteiger partial charge in [0.05, 0.1) is 18.2 Å².